The second-order valence-corrected chi connectivity index (χ2v) is 9.55. The van der Waals surface area contributed by atoms with E-state index in [1.165, 1.54) is 24.3 Å². The van der Waals surface area contributed by atoms with Crippen molar-refractivity contribution in [1.29, 1.82) is 0 Å². The molecule has 1 aromatic carbocycles. The molecule has 0 aliphatic carbocycles. The van der Waals surface area contributed by atoms with Crippen molar-refractivity contribution in [2.24, 2.45) is 5.92 Å². The number of rotatable bonds is 12. The Morgan fingerprint density at radius 1 is 1.15 bits per heavy atom. The van der Waals surface area contributed by atoms with Crippen molar-refractivity contribution in [2.45, 2.75) is 26.1 Å². The molecule has 2 atom stereocenters. The highest BCUT2D eigenvalue weighted by atomic mass is 19.1. The minimum atomic E-state index is -0.559. The molecule has 2 aliphatic heterocycles. The molecule has 2 saturated heterocycles. The van der Waals surface area contributed by atoms with Gasteiger partial charge in [-0.2, -0.15) is 0 Å². The lowest BCUT2D eigenvalue weighted by molar-refractivity contribution is -0.0604. The standard InChI is InChI=1S/C25H40FN3O5/c1-20(2)18-33-19-23(30)15-28-11-14-34-24(16-28)17-29(8-7-27-9-12-32-13-10-27)25(31)21-3-5-22(26)6-4-21/h3-6,20,23-24,30H,7-19H2,1-2H3. The van der Waals surface area contributed by atoms with Gasteiger partial charge in [-0.3, -0.25) is 14.6 Å². The summed E-state index contributed by atoms with van der Waals surface area (Å²) in [5.74, 6) is -0.0586. The van der Waals surface area contributed by atoms with E-state index >= 15 is 0 Å². The van der Waals surface area contributed by atoms with E-state index in [2.05, 4.69) is 23.6 Å². The average molecular weight is 482 g/mol. The molecule has 1 aromatic rings. The van der Waals surface area contributed by atoms with Crippen molar-refractivity contribution in [3.8, 4) is 0 Å². The number of carbonyl (C=O) groups is 1. The molecule has 2 unspecified atom stereocenters. The summed E-state index contributed by atoms with van der Waals surface area (Å²) < 4.78 is 30.4. The molecule has 0 bridgehead atoms. The number of carbonyl (C=O) groups excluding carboxylic acids is 1. The predicted molar refractivity (Wildman–Crippen MR) is 127 cm³/mol. The van der Waals surface area contributed by atoms with E-state index in [4.69, 9.17) is 14.2 Å². The number of aliphatic hydroxyl groups is 1. The number of β-amino-alcohol motifs (C(OH)–C–C–N with tert-alkyl or cyclic N) is 1. The summed E-state index contributed by atoms with van der Waals surface area (Å²) in [5.41, 5.74) is 0.466. The molecule has 1 amide bonds. The van der Waals surface area contributed by atoms with E-state index in [0.29, 0.717) is 70.7 Å². The van der Waals surface area contributed by atoms with Crippen LogP contribution in [0.15, 0.2) is 24.3 Å². The number of morpholine rings is 2. The molecule has 34 heavy (non-hydrogen) atoms. The molecule has 192 valence electrons. The van der Waals surface area contributed by atoms with Crippen molar-refractivity contribution >= 4 is 5.91 Å². The van der Waals surface area contributed by atoms with Crippen LogP contribution in [0.1, 0.15) is 24.2 Å². The van der Waals surface area contributed by atoms with Crippen molar-refractivity contribution in [1.82, 2.24) is 14.7 Å². The fourth-order valence-corrected chi connectivity index (χ4v) is 4.23. The van der Waals surface area contributed by atoms with Crippen molar-refractivity contribution in [3.63, 3.8) is 0 Å². The predicted octanol–water partition coefficient (Wildman–Crippen LogP) is 1.33. The summed E-state index contributed by atoms with van der Waals surface area (Å²) in [7, 11) is 0. The van der Waals surface area contributed by atoms with Gasteiger partial charge in [0.25, 0.3) is 5.91 Å². The number of hydrogen-bond acceptors (Lipinski definition) is 7. The lowest BCUT2D eigenvalue weighted by Crippen LogP contribution is -2.52. The molecule has 1 N–H and O–H groups in total. The lowest BCUT2D eigenvalue weighted by atomic mass is 10.1. The monoisotopic (exact) mass is 481 g/mol. The Balaban J connectivity index is 1.56. The third-order valence-electron chi connectivity index (χ3n) is 6.05. The van der Waals surface area contributed by atoms with Crippen LogP contribution in [-0.2, 0) is 14.2 Å². The fourth-order valence-electron chi connectivity index (χ4n) is 4.23. The molecule has 2 heterocycles. The average Bonchev–Trinajstić information content (AvgIpc) is 2.82. The highest BCUT2D eigenvalue weighted by Crippen LogP contribution is 2.13. The molecular weight excluding hydrogens is 441 g/mol. The number of amides is 1. The summed E-state index contributed by atoms with van der Waals surface area (Å²) in [6, 6.07) is 5.69. The molecular formula is C25H40FN3O5. The van der Waals surface area contributed by atoms with Crippen molar-refractivity contribution < 1.29 is 28.5 Å². The van der Waals surface area contributed by atoms with Crippen LogP contribution in [0.2, 0.25) is 0 Å². The van der Waals surface area contributed by atoms with Crippen LogP contribution in [0.3, 0.4) is 0 Å². The van der Waals surface area contributed by atoms with Gasteiger partial charge >= 0.3 is 0 Å². The van der Waals surface area contributed by atoms with Gasteiger partial charge in [0.1, 0.15) is 5.82 Å². The Morgan fingerprint density at radius 3 is 2.56 bits per heavy atom. The molecule has 8 nitrogen and oxygen atoms in total. The van der Waals surface area contributed by atoms with Gasteiger partial charge in [0.15, 0.2) is 0 Å². The number of nitrogens with zero attached hydrogens (tertiary/aromatic N) is 3. The maximum atomic E-state index is 13.4. The van der Waals surface area contributed by atoms with Crippen LogP contribution in [0.4, 0.5) is 4.39 Å². The van der Waals surface area contributed by atoms with Crippen LogP contribution in [-0.4, -0.2) is 123 Å². The summed E-state index contributed by atoms with van der Waals surface area (Å²) >= 11 is 0. The summed E-state index contributed by atoms with van der Waals surface area (Å²) in [6.45, 7) is 12.4. The number of benzene rings is 1. The molecule has 2 fully saturated rings. The van der Waals surface area contributed by atoms with E-state index in [-0.39, 0.29) is 17.8 Å². The second-order valence-electron chi connectivity index (χ2n) is 9.55. The number of hydrogen-bond donors (Lipinski definition) is 1. The Kier molecular flexibility index (Phi) is 11.2. The topological polar surface area (TPSA) is 74.7 Å². The van der Waals surface area contributed by atoms with E-state index < -0.39 is 6.10 Å². The minimum Gasteiger partial charge on any atom is -0.389 e. The molecule has 0 radical (unpaired) electrons. The Hall–Kier alpha value is -1.62. The molecule has 0 spiro atoms. The number of aliphatic hydroxyl groups excluding tert-OH is 1. The first-order valence-electron chi connectivity index (χ1n) is 12.4. The zero-order valence-corrected chi connectivity index (χ0v) is 20.5. The highest BCUT2D eigenvalue weighted by molar-refractivity contribution is 5.94. The van der Waals surface area contributed by atoms with Crippen molar-refractivity contribution in [2.75, 3.05) is 85.4 Å². The third kappa shape index (κ3) is 9.20. The van der Waals surface area contributed by atoms with Gasteiger partial charge in [0.05, 0.1) is 38.6 Å². The van der Waals surface area contributed by atoms with Gasteiger partial charge < -0.3 is 24.2 Å². The van der Waals surface area contributed by atoms with Gasteiger partial charge in [-0.1, -0.05) is 13.8 Å². The molecule has 0 aromatic heterocycles. The maximum absolute atomic E-state index is 13.4. The number of ether oxygens (including phenoxy) is 3. The highest BCUT2D eigenvalue weighted by Gasteiger charge is 2.27. The van der Waals surface area contributed by atoms with Gasteiger partial charge in [0.2, 0.25) is 0 Å². The summed E-state index contributed by atoms with van der Waals surface area (Å²) in [5, 5.41) is 10.4. The van der Waals surface area contributed by atoms with Crippen LogP contribution in [0, 0.1) is 11.7 Å². The smallest absolute Gasteiger partial charge is 0.253 e. The lowest BCUT2D eigenvalue weighted by Gasteiger charge is -2.37. The molecule has 3 rings (SSSR count). The van der Waals surface area contributed by atoms with Crippen LogP contribution in [0.5, 0.6) is 0 Å². The van der Waals surface area contributed by atoms with Crippen LogP contribution in [0.25, 0.3) is 0 Å². The maximum Gasteiger partial charge on any atom is 0.253 e. The largest absolute Gasteiger partial charge is 0.389 e. The van der Waals surface area contributed by atoms with Crippen LogP contribution >= 0.6 is 0 Å². The Bertz CT molecular complexity index is 730. The summed E-state index contributed by atoms with van der Waals surface area (Å²) in [4.78, 5) is 19.5. The minimum absolute atomic E-state index is 0.129. The van der Waals surface area contributed by atoms with Crippen molar-refractivity contribution in [3.05, 3.63) is 35.6 Å². The molecule has 9 heteroatoms. The van der Waals surface area contributed by atoms with Gasteiger partial charge in [-0.25, -0.2) is 4.39 Å². The first-order valence-corrected chi connectivity index (χ1v) is 12.4. The zero-order chi connectivity index (χ0) is 24.3. The number of halogens is 1. The molecule has 0 saturated carbocycles. The van der Waals surface area contributed by atoms with E-state index in [1.54, 1.807) is 4.90 Å². The van der Waals surface area contributed by atoms with Gasteiger partial charge in [-0.05, 0) is 30.2 Å². The fraction of sp³-hybridized carbons (Fsp3) is 0.720. The summed E-state index contributed by atoms with van der Waals surface area (Å²) in [6.07, 6.45) is -0.720. The SMILES string of the molecule is CC(C)COCC(O)CN1CCOC(CN(CCN2CCOCC2)C(=O)c2ccc(F)cc2)C1. The van der Waals surface area contributed by atoms with E-state index in [0.717, 1.165) is 26.2 Å². The van der Waals surface area contributed by atoms with Gasteiger partial charge in [-0.15, -0.1) is 0 Å². The Labute approximate surface area is 202 Å². The Morgan fingerprint density at radius 2 is 1.85 bits per heavy atom. The van der Waals surface area contributed by atoms with Gasteiger partial charge in [0, 0.05) is 64.5 Å². The van der Waals surface area contributed by atoms with Crippen LogP contribution < -0.4 is 0 Å². The first kappa shape index (κ1) is 27.0. The quantitative estimate of drug-likeness (QED) is 0.483. The van der Waals surface area contributed by atoms with E-state index in [9.17, 15) is 14.3 Å². The normalized spacial score (nSPS) is 21.0. The third-order valence-corrected chi connectivity index (χ3v) is 6.05. The first-order chi connectivity index (χ1) is 16.4. The zero-order valence-electron chi connectivity index (χ0n) is 20.5. The second kappa shape index (κ2) is 14.1. The molecule has 2 aliphatic rings. The van der Waals surface area contributed by atoms with E-state index in [1.807, 2.05) is 0 Å².